The molecular formula is C17H15N5O3. The minimum absolute atomic E-state index is 0.0130. The molecule has 2 aromatic carbocycles. The summed E-state index contributed by atoms with van der Waals surface area (Å²) in [6.45, 7) is 0.0130. The monoisotopic (exact) mass is 337 g/mol. The average Bonchev–Trinajstić information content (AvgIpc) is 3.04. The minimum Gasteiger partial charge on any atom is -0.465 e. The molecule has 0 bridgehead atoms. The molecule has 0 saturated carbocycles. The van der Waals surface area contributed by atoms with Crippen LogP contribution in [0.4, 0.5) is 0 Å². The van der Waals surface area contributed by atoms with Crippen molar-refractivity contribution in [3.8, 4) is 0 Å². The van der Waals surface area contributed by atoms with Crippen LogP contribution in [-0.4, -0.2) is 40.2 Å². The van der Waals surface area contributed by atoms with Crippen LogP contribution in [0.3, 0.4) is 0 Å². The molecule has 1 aromatic heterocycles. The summed E-state index contributed by atoms with van der Waals surface area (Å²) in [6.07, 6.45) is 1.48. The Morgan fingerprint density at radius 1 is 1.20 bits per heavy atom. The van der Waals surface area contributed by atoms with Crippen molar-refractivity contribution in [3.63, 3.8) is 0 Å². The fourth-order valence-electron chi connectivity index (χ4n) is 2.21. The zero-order valence-corrected chi connectivity index (χ0v) is 13.4. The molecule has 0 spiro atoms. The number of hydrogen-bond donors (Lipinski definition) is 1. The van der Waals surface area contributed by atoms with E-state index in [1.54, 1.807) is 24.3 Å². The van der Waals surface area contributed by atoms with Gasteiger partial charge in [-0.05, 0) is 29.8 Å². The number of nitrogens with one attached hydrogen (secondary N) is 1. The molecule has 0 aliphatic rings. The Kier molecular flexibility index (Phi) is 4.79. The van der Waals surface area contributed by atoms with Gasteiger partial charge in [0.15, 0.2) is 0 Å². The Bertz CT molecular complexity index is 931. The number of nitrogens with zero attached hydrogens (tertiary/aromatic N) is 4. The third-order valence-electron chi connectivity index (χ3n) is 3.45. The number of carbonyl (C=O) groups is 2. The molecule has 126 valence electrons. The van der Waals surface area contributed by atoms with Crippen molar-refractivity contribution in [1.82, 2.24) is 20.4 Å². The van der Waals surface area contributed by atoms with Crippen molar-refractivity contribution < 1.29 is 14.3 Å². The number of amides is 1. The first-order chi connectivity index (χ1) is 12.2. The molecular weight excluding hydrogens is 322 g/mol. The van der Waals surface area contributed by atoms with E-state index in [4.69, 9.17) is 0 Å². The molecule has 1 N–H and O–H groups in total. The SMILES string of the molecule is COC(=O)c1ccc(/C=N/NC(=O)Cn2nnc3ccccc32)cc1. The van der Waals surface area contributed by atoms with Crippen LogP contribution in [0.5, 0.6) is 0 Å². The Morgan fingerprint density at radius 3 is 2.72 bits per heavy atom. The number of esters is 1. The van der Waals surface area contributed by atoms with Crippen LogP contribution in [0.2, 0.25) is 0 Å². The van der Waals surface area contributed by atoms with Gasteiger partial charge in [-0.2, -0.15) is 5.10 Å². The lowest BCUT2D eigenvalue weighted by atomic mass is 10.1. The molecule has 3 aromatic rings. The van der Waals surface area contributed by atoms with E-state index >= 15 is 0 Å². The number of fused-ring (bicyclic) bond motifs is 1. The number of ether oxygens (including phenoxy) is 1. The van der Waals surface area contributed by atoms with Gasteiger partial charge in [0.05, 0.1) is 24.4 Å². The number of carbonyl (C=O) groups excluding carboxylic acids is 2. The maximum atomic E-state index is 12.0. The highest BCUT2D eigenvalue weighted by atomic mass is 16.5. The van der Waals surface area contributed by atoms with Crippen LogP contribution in [-0.2, 0) is 16.1 Å². The lowest BCUT2D eigenvalue weighted by molar-refractivity contribution is -0.121. The predicted octanol–water partition coefficient (Wildman–Crippen LogP) is 1.37. The highest BCUT2D eigenvalue weighted by Crippen LogP contribution is 2.09. The molecule has 0 unspecified atom stereocenters. The maximum Gasteiger partial charge on any atom is 0.337 e. The fraction of sp³-hybridized carbons (Fsp3) is 0.118. The lowest BCUT2D eigenvalue weighted by Crippen LogP contribution is -2.23. The number of para-hydroxylation sites is 1. The van der Waals surface area contributed by atoms with E-state index in [9.17, 15) is 9.59 Å². The molecule has 8 nitrogen and oxygen atoms in total. The van der Waals surface area contributed by atoms with E-state index in [-0.39, 0.29) is 12.5 Å². The second-order valence-electron chi connectivity index (χ2n) is 5.14. The van der Waals surface area contributed by atoms with E-state index < -0.39 is 5.97 Å². The van der Waals surface area contributed by atoms with Gasteiger partial charge in [0.2, 0.25) is 0 Å². The third kappa shape index (κ3) is 3.86. The number of benzene rings is 2. The summed E-state index contributed by atoms with van der Waals surface area (Å²) in [5.74, 6) is -0.727. The normalized spacial score (nSPS) is 10.9. The molecule has 3 rings (SSSR count). The van der Waals surface area contributed by atoms with E-state index in [1.807, 2.05) is 24.3 Å². The second kappa shape index (κ2) is 7.35. The molecule has 1 amide bonds. The Balaban J connectivity index is 1.58. The minimum atomic E-state index is -0.406. The molecule has 25 heavy (non-hydrogen) atoms. The average molecular weight is 337 g/mol. The summed E-state index contributed by atoms with van der Waals surface area (Å²) in [4.78, 5) is 23.3. The number of rotatable bonds is 5. The van der Waals surface area contributed by atoms with Crippen LogP contribution < -0.4 is 5.43 Å². The van der Waals surface area contributed by atoms with Crippen molar-refractivity contribution in [2.45, 2.75) is 6.54 Å². The first kappa shape index (κ1) is 16.3. The van der Waals surface area contributed by atoms with Crippen molar-refractivity contribution in [2.75, 3.05) is 7.11 Å². The number of hydrogen-bond acceptors (Lipinski definition) is 6. The highest BCUT2D eigenvalue weighted by molar-refractivity contribution is 5.90. The second-order valence-corrected chi connectivity index (χ2v) is 5.14. The van der Waals surface area contributed by atoms with E-state index in [0.717, 1.165) is 16.6 Å². The van der Waals surface area contributed by atoms with Gasteiger partial charge in [-0.25, -0.2) is 14.9 Å². The van der Waals surface area contributed by atoms with Gasteiger partial charge in [-0.3, -0.25) is 4.79 Å². The van der Waals surface area contributed by atoms with Gasteiger partial charge >= 0.3 is 5.97 Å². The van der Waals surface area contributed by atoms with Crippen molar-refractivity contribution >= 4 is 29.1 Å². The number of hydrazone groups is 1. The van der Waals surface area contributed by atoms with Crippen LogP contribution in [0.15, 0.2) is 53.6 Å². The molecule has 1 heterocycles. The standard InChI is InChI=1S/C17H15N5O3/c1-25-17(24)13-8-6-12(7-9-13)10-18-20-16(23)11-22-15-5-3-2-4-14(15)19-21-22/h2-10H,11H2,1H3,(H,20,23)/b18-10+. The van der Waals surface area contributed by atoms with Crippen molar-refractivity contribution in [1.29, 1.82) is 0 Å². The Morgan fingerprint density at radius 2 is 1.96 bits per heavy atom. The fourth-order valence-corrected chi connectivity index (χ4v) is 2.21. The molecule has 0 radical (unpaired) electrons. The smallest absolute Gasteiger partial charge is 0.337 e. The van der Waals surface area contributed by atoms with Crippen LogP contribution >= 0.6 is 0 Å². The van der Waals surface area contributed by atoms with Gasteiger partial charge in [0, 0.05) is 0 Å². The summed E-state index contributed by atoms with van der Waals surface area (Å²) in [7, 11) is 1.32. The van der Waals surface area contributed by atoms with Gasteiger partial charge in [-0.1, -0.05) is 29.5 Å². The molecule has 0 aliphatic heterocycles. The predicted molar refractivity (Wildman–Crippen MR) is 91.0 cm³/mol. The molecule has 0 atom stereocenters. The van der Waals surface area contributed by atoms with E-state index in [1.165, 1.54) is 18.0 Å². The summed E-state index contributed by atoms with van der Waals surface area (Å²) < 4.78 is 6.13. The first-order valence-electron chi connectivity index (χ1n) is 7.46. The van der Waals surface area contributed by atoms with Crippen molar-refractivity contribution in [3.05, 3.63) is 59.7 Å². The molecule has 0 fully saturated rings. The maximum absolute atomic E-state index is 12.0. The first-order valence-corrected chi connectivity index (χ1v) is 7.46. The zero-order chi connectivity index (χ0) is 17.6. The quantitative estimate of drug-likeness (QED) is 0.431. The molecule has 8 heteroatoms. The van der Waals surface area contributed by atoms with Crippen molar-refractivity contribution in [2.24, 2.45) is 5.10 Å². The Labute approximate surface area is 143 Å². The van der Waals surface area contributed by atoms with Gasteiger partial charge in [0.25, 0.3) is 5.91 Å². The number of methoxy groups -OCH3 is 1. The highest BCUT2D eigenvalue weighted by Gasteiger charge is 2.07. The summed E-state index contributed by atoms with van der Waals surface area (Å²) in [5.41, 5.74) is 5.12. The van der Waals surface area contributed by atoms with E-state index in [0.29, 0.717) is 5.56 Å². The summed E-state index contributed by atoms with van der Waals surface area (Å²) in [5, 5.41) is 11.8. The topological polar surface area (TPSA) is 98.5 Å². The Hall–Kier alpha value is -3.55. The molecule has 0 aliphatic carbocycles. The van der Waals surface area contributed by atoms with Crippen LogP contribution in [0.25, 0.3) is 11.0 Å². The van der Waals surface area contributed by atoms with E-state index in [2.05, 4.69) is 25.6 Å². The summed E-state index contributed by atoms with van der Waals surface area (Å²) in [6, 6.07) is 14.0. The lowest BCUT2D eigenvalue weighted by Gasteiger charge is -2.01. The third-order valence-corrected chi connectivity index (χ3v) is 3.45. The molecule has 0 saturated heterocycles. The van der Waals surface area contributed by atoms with Gasteiger partial charge in [-0.15, -0.1) is 5.10 Å². The van der Waals surface area contributed by atoms with Gasteiger partial charge in [0.1, 0.15) is 12.1 Å². The van der Waals surface area contributed by atoms with Gasteiger partial charge < -0.3 is 4.74 Å². The van der Waals surface area contributed by atoms with Crippen LogP contribution in [0.1, 0.15) is 15.9 Å². The zero-order valence-electron chi connectivity index (χ0n) is 13.4. The number of aromatic nitrogens is 3. The summed E-state index contributed by atoms with van der Waals surface area (Å²) >= 11 is 0. The largest absolute Gasteiger partial charge is 0.465 e. The van der Waals surface area contributed by atoms with Crippen LogP contribution in [0, 0.1) is 0 Å².